The van der Waals surface area contributed by atoms with Crippen LogP contribution in [0, 0.1) is 0 Å². The first kappa shape index (κ1) is 33.0. The Kier molecular flexibility index (Phi) is 18.2. The lowest BCUT2D eigenvalue weighted by atomic mass is 9.92. The number of hydrogen-bond acceptors (Lipinski definition) is 6. The third kappa shape index (κ3) is 22.8. The van der Waals surface area contributed by atoms with Crippen LogP contribution in [0.1, 0.15) is 23.6 Å². The molecule has 0 aliphatic heterocycles. The first-order valence-electron chi connectivity index (χ1n) is 9.68. The van der Waals surface area contributed by atoms with E-state index in [9.17, 15) is 9.59 Å². The first-order chi connectivity index (χ1) is 16.3. The molecular weight excluding hydrogens is 484 g/mol. The van der Waals surface area contributed by atoms with Crippen LogP contribution in [-0.4, -0.2) is 75.1 Å². The summed E-state index contributed by atoms with van der Waals surface area (Å²) in [6.07, 6.45) is 1.35. The van der Waals surface area contributed by atoms with E-state index < -0.39 is 24.1 Å². The molecule has 0 saturated carbocycles. The molecule has 13 heteroatoms. The number of benzene rings is 1. The average molecular weight is 513 g/mol. The molecule has 1 heterocycles. The van der Waals surface area contributed by atoms with Gasteiger partial charge in [-0.05, 0) is 56.9 Å². The maximum absolute atomic E-state index is 9.55. The minimum absolute atomic E-state index is 0.320. The number of aromatic nitrogens is 1. The van der Waals surface area contributed by atoms with Gasteiger partial charge < -0.3 is 36.8 Å². The Bertz CT molecular complexity index is 902. The van der Waals surface area contributed by atoms with Crippen molar-refractivity contribution in [3.05, 3.63) is 77.1 Å². The Hall–Kier alpha value is -4.16. The van der Waals surface area contributed by atoms with Crippen LogP contribution >= 0.6 is 11.6 Å². The van der Waals surface area contributed by atoms with E-state index in [2.05, 4.69) is 53.6 Å². The number of nitrogens with zero attached hydrogens (tertiary/aromatic N) is 2. The molecule has 0 aliphatic carbocycles. The molecule has 1 aromatic carbocycles. The summed E-state index contributed by atoms with van der Waals surface area (Å²) in [7, 11) is 4.19. The van der Waals surface area contributed by atoms with E-state index in [0.717, 1.165) is 23.7 Å². The highest BCUT2D eigenvalue weighted by Crippen LogP contribution is 2.27. The lowest BCUT2D eigenvalue weighted by Gasteiger charge is -2.19. The average Bonchev–Trinajstić information content (AvgIpc) is 2.74. The number of nitrogens with two attached hydrogens (primary N) is 2. The number of carboxylic acids is 2. The zero-order valence-electron chi connectivity index (χ0n) is 19.1. The van der Waals surface area contributed by atoms with Crippen LogP contribution in [-0.2, 0) is 9.59 Å². The standard InChI is InChI=1S/C16H19ClN2.C4H4O4.2CH3NO2/c1-19(2)12-10-15(16-5-3-4-11-18-16)13-6-8-14(17)9-7-13;5-3(6)1-2-4(7)8;2*2-1(3)4/h3-9,11,15H,10,12H2,1-2H3;1-2H,(H,5,6)(H,7,8);2*2H2,(H,3,4)/b;2-1-;;/t15-;;;/m0.../s1. The summed E-state index contributed by atoms with van der Waals surface area (Å²) in [5, 5.41) is 30.8. The molecule has 12 nitrogen and oxygen atoms in total. The summed E-state index contributed by atoms with van der Waals surface area (Å²) >= 11 is 5.97. The maximum Gasteiger partial charge on any atom is 0.402 e. The fourth-order valence-corrected chi connectivity index (χ4v) is 2.42. The summed E-state index contributed by atoms with van der Waals surface area (Å²) in [6.45, 7) is 1.03. The molecule has 35 heavy (non-hydrogen) atoms. The Morgan fingerprint density at radius 1 is 0.914 bits per heavy atom. The summed E-state index contributed by atoms with van der Waals surface area (Å²) < 4.78 is 0. The van der Waals surface area contributed by atoms with Crippen molar-refractivity contribution in [2.45, 2.75) is 12.3 Å². The molecule has 2 amide bonds. The first-order valence-corrected chi connectivity index (χ1v) is 10.1. The second-order valence-corrected chi connectivity index (χ2v) is 7.07. The SMILES string of the molecule is CN(C)CC[C@@H](c1ccc(Cl)cc1)c1ccccn1.NC(=O)O.NC(=O)O.O=C(O)/C=C\C(=O)O. The number of primary amides is 2. The van der Waals surface area contributed by atoms with E-state index in [4.69, 9.17) is 41.6 Å². The Morgan fingerprint density at radius 2 is 1.37 bits per heavy atom. The molecule has 0 fully saturated rings. The van der Waals surface area contributed by atoms with Crippen molar-refractivity contribution in [1.29, 1.82) is 0 Å². The molecule has 0 radical (unpaired) electrons. The molecule has 192 valence electrons. The van der Waals surface area contributed by atoms with Crippen molar-refractivity contribution >= 4 is 35.7 Å². The molecule has 8 N–H and O–H groups in total. The minimum Gasteiger partial charge on any atom is -0.478 e. The second kappa shape index (κ2) is 19.3. The van der Waals surface area contributed by atoms with E-state index in [1.807, 2.05) is 30.5 Å². The quantitative estimate of drug-likeness (QED) is 0.298. The van der Waals surface area contributed by atoms with Gasteiger partial charge in [-0.15, -0.1) is 0 Å². The number of carbonyl (C=O) groups is 4. The highest BCUT2D eigenvalue weighted by atomic mass is 35.5. The van der Waals surface area contributed by atoms with Gasteiger partial charge in [-0.1, -0.05) is 29.8 Å². The fourth-order valence-electron chi connectivity index (χ4n) is 2.29. The van der Waals surface area contributed by atoms with Gasteiger partial charge >= 0.3 is 24.1 Å². The third-order valence-electron chi connectivity index (χ3n) is 3.55. The largest absolute Gasteiger partial charge is 0.478 e. The highest BCUT2D eigenvalue weighted by Gasteiger charge is 2.15. The van der Waals surface area contributed by atoms with E-state index in [0.29, 0.717) is 18.1 Å². The molecule has 0 bridgehead atoms. The highest BCUT2D eigenvalue weighted by molar-refractivity contribution is 6.30. The monoisotopic (exact) mass is 512 g/mol. The van der Waals surface area contributed by atoms with E-state index in [-0.39, 0.29) is 0 Å². The molecule has 1 atom stereocenters. The van der Waals surface area contributed by atoms with Gasteiger partial charge in [-0.2, -0.15) is 0 Å². The van der Waals surface area contributed by atoms with E-state index in [1.165, 1.54) is 5.56 Å². The van der Waals surface area contributed by atoms with Crippen LogP contribution in [0.4, 0.5) is 9.59 Å². The number of pyridine rings is 1. The van der Waals surface area contributed by atoms with Crippen molar-refractivity contribution < 1.29 is 39.6 Å². The molecule has 0 saturated heterocycles. The van der Waals surface area contributed by atoms with Crippen LogP contribution in [0.5, 0.6) is 0 Å². The maximum atomic E-state index is 9.55. The van der Waals surface area contributed by atoms with Crippen molar-refractivity contribution in [3.63, 3.8) is 0 Å². The molecule has 0 unspecified atom stereocenters. The normalized spacial score (nSPS) is 10.4. The van der Waals surface area contributed by atoms with Crippen molar-refractivity contribution in [1.82, 2.24) is 9.88 Å². The Labute approximate surface area is 207 Å². The number of rotatable bonds is 7. The van der Waals surface area contributed by atoms with Crippen molar-refractivity contribution in [3.8, 4) is 0 Å². The lowest BCUT2D eigenvalue weighted by Crippen LogP contribution is -2.17. The van der Waals surface area contributed by atoms with Gasteiger partial charge in [0.25, 0.3) is 0 Å². The summed E-state index contributed by atoms with van der Waals surface area (Å²) in [5.41, 5.74) is 10.4. The van der Waals surface area contributed by atoms with Gasteiger partial charge in [0.2, 0.25) is 0 Å². The predicted molar refractivity (Wildman–Crippen MR) is 130 cm³/mol. The van der Waals surface area contributed by atoms with Crippen LogP contribution in [0.25, 0.3) is 0 Å². The third-order valence-corrected chi connectivity index (χ3v) is 3.80. The van der Waals surface area contributed by atoms with Gasteiger partial charge in [-0.25, -0.2) is 19.2 Å². The summed E-state index contributed by atoms with van der Waals surface area (Å²) in [6, 6.07) is 14.2. The Morgan fingerprint density at radius 3 is 1.71 bits per heavy atom. The van der Waals surface area contributed by atoms with Gasteiger partial charge in [0.05, 0.1) is 0 Å². The van der Waals surface area contributed by atoms with Crippen LogP contribution in [0.2, 0.25) is 5.02 Å². The molecule has 0 spiro atoms. The van der Waals surface area contributed by atoms with Crippen LogP contribution in [0.15, 0.2) is 60.8 Å². The smallest absolute Gasteiger partial charge is 0.402 e. The second-order valence-electron chi connectivity index (χ2n) is 6.64. The molecule has 2 rings (SSSR count). The van der Waals surface area contributed by atoms with Gasteiger partial charge in [-0.3, -0.25) is 4.98 Å². The van der Waals surface area contributed by atoms with Crippen LogP contribution in [0.3, 0.4) is 0 Å². The zero-order valence-corrected chi connectivity index (χ0v) is 19.9. The number of halogens is 1. The summed E-state index contributed by atoms with van der Waals surface area (Å²) in [4.78, 5) is 43.4. The summed E-state index contributed by atoms with van der Waals surface area (Å²) in [5.74, 6) is -2.19. The molecule has 0 aliphatic rings. The zero-order chi connectivity index (χ0) is 27.4. The number of aliphatic carboxylic acids is 2. The molecule has 1 aromatic heterocycles. The van der Waals surface area contributed by atoms with E-state index >= 15 is 0 Å². The number of hydrogen-bond donors (Lipinski definition) is 6. The lowest BCUT2D eigenvalue weighted by molar-refractivity contribution is -0.134. The Balaban J connectivity index is 0. The number of amides is 2. The van der Waals surface area contributed by atoms with Gasteiger partial charge in [0.1, 0.15) is 0 Å². The molecular formula is C22H29ClN4O8. The fraction of sp³-hybridized carbons (Fsp3) is 0.227. The molecule has 2 aromatic rings. The van der Waals surface area contributed by atoms with Gasteiger partial charge in [0.15, 0.2) is 0 Å². The topological polar surface area (TPSA) is 217 Å². The van der Waals surface area contributed by atoms with E-state index in [1.54, 1.807) is 0 Å². The minimum atomic E-state index is -1.33. The van der Waals surface area contributed by atoms with Crippen molar-refractivity contribution in [2.24, 2.45) is 11.5 Å². The van der Waals surface area contributed by atoms with Crippen LogP contribution < -0.4 is 11.5 Å². The predicted octanol–water partition coefficient (Wildman–Crippen LogP) is 2.78. The van der Waals surface area contributed by atoms with Gasteiger partial charge in [0, 0.05) is 35.0 Å². The van der Waals surface area contributed by atoms with Crippen molar-refractivity contribution in [2.75, 3.05) is 20.6 Å². The number of carboxylic acid groups (broad SMARTS) is 4.